The van der Waals surface area contributed by atoms with E-state index in [2.05, 4.69) is 15.2 Å². The van der Waals surface area contributed by atoms with E-state index in [0.29, 0.717) is 35.0 Å². The van der Waals surface area contributed by atoms with Crippen LogP contribution in [-0.2, 0) is 19.6 Å². The van der Waals surface area contributed by atoms with Crippen molar-refractivity contribution in [1.82, 2.24) is 5.16 Å². The van der Waals surface area contributed by atoms with Crippen LogP contribution < -0.4 is 19.7 Å². The second-order valence-corrected chi connectivity index (χ2v) is 9.60. The molecule has 0 bridgehead atoms. The molecule has 182 valence electrons. The van der Waals surface area contributed by atoms with E-state index in [1.54, 1.807) is 38.1 Å². The molecule has 0 unspecified atom stereocenters. The van der Waals surface area contributed by atoms with Crippen molar-refractivity contribution < 1.29 is 27.3 Å². The number of rotatable bonds is 8. The van der Waals surface area contributed by atoms with Gasteiger partial charge in [0.2, 0.25) is 5.88 Å². The summed E-state index contributed by atoms with van der Waals surface area (Å²) in [6, 6.07) is 12.0. The van der Waals surface area contributed by atoms with Crippen LogP contribution in [0.5, 0.6) is 5.75 Å². The highest BCUT2D eigenvalue weighted by Crippen LogP contribution is 2.31. The fourth-order valence-corrected chi connectivity index (χ4v) is 4.52. The molecule has 0 spiro atoms. The van der Waals surface area contributed by atoms with Gasteiger partial charge < -0.3 is 14.6 Å². The second-order valence-electron chi connectivity index (χ2n) is 7.54. The monoisotopic (exact) mass is 516 g/mol. The Labute approximate surface area is 206 Å². The van der Waals surface area contributed by atoms with Crippen molar-refractivity contribution in [2.24, 2.45) is 0 Å². The molecule has 0 radical (unpaired) electrons. The quantitative estimate of drug-likeness (QED) is 0.431. The van der Waals surface area contributed by atoms with Gasteiger partial charge in [-0.05, 0) is 69.3 Å². The average molecular weight is 517 g/mol. The van der Waals surface area contributed by atoms with Crippen LogP contribution in [-0.4, -0.2) is 32.0 Å². The van der Waals surface area contributed by atoms with Gasteiger partial charge in [0, 0.05) is 11.3 Å². The van der Waals surface area contributed by atoms with E-state index in [1.165, 1.54) is 24.3 Å². The molecule has 4 rings (SSSR count). The lowest BCUT2D eigenvalue weighted by atomic mass is 10.2. The van der Waals surface area contributed by atoms with Crippen molar-refractivity contribution in [2.45, 2.75) is 25.7 Å². The Bertz CT molecular complexity index is 1430. The number of hydrogen-bond acceptors (Lipinski definition) is 8. The predicted octanol–water partition coefficient (Wildman–Crippen LogP) is 3.93. The summed E-state index contributed by atoms with van der Waals surface area (Å²) in [6.45, 7) is 5.71. The van der Waals surface area contributed by atoms with Crippen molar-refractivity contribution in [3.05, 3.63) is 70.5 Å². The Morgan fingerprint density at radius 3 is 2.26 bits per heavy atom. The first-order valence-corrected chi connectivity index (χ1v) is 12.3. The number of halogens is 1. The standard InChI is InChI=1S/C23H21ClN4O6S/c1-4-33-17-9-7-16(8-10-17)28-22(29)19(24)20(23(28)30)25-15-5-11-18(12-6-15)35(31,32)27-21-13(2)14(3)26-34-21/h5-12,25,27H,4H2,1-3H3. The second kappa shape index (κ2) is 9.43. The Morgan fingerprint density at radius 2 is 1.69 bits per heavy atom. The van der Waals surface area contributed by atoms with Crippen LogP contribution >= 0.6 is 11.6 Å². The number of aromatic nitrogens is 1. The molecule has 2 heterocycles. The highest BCUT2D eigenvalue weighted by molar-refractivity contribution is 7.92. The first kappa shape index (κ1) is 24.3. The van der Waals surface area contributed by atoms with Crippen molar-refractivity contribution in [2.75, 3.05) is 21.5 Å². The Kier molecular flexibility index (Phi) is 6.55. The van der Waals surface area contributed by atoms with Crippen molar-refractivity contribution in [3.63, 3.8) is 0 Å². The third-order valence-corrected chi connectivity index (χ3v) is 6.95. The molecule has 1 aliphatic heterocycles. The smallest absolute Gasteiger partial charge is 0.283 e. The number of amides is 2. The molecule has 1 aromatic heterocycles. The van der Waals surface area contributed by atoms with Crippen molar-refractivity contribution in [1.29, 1.82) is 0 Å². The first-order chi connectivity index (χ1) is 16.6. The molecule has 2 N–H and O–H groups in total. The van der Waals surface area contributed by atoms with Crippen LogP contribution in [0.2, 0.25) is 0 Å². The third kappa shape index (κ3) is 4.73. The number of nitrogens with one attached hydrogen (secondary N) is 2. The lowest BCUT2D eigenvalue weighted by Crippen LogP contribution is -2.32. The van der Waals surface area contributed by atoms with Gasteiger partial charge in [0.05, 0.1) is 22.9 Å². The first-order valence-electron chi connectivity index (χ1n) is 10.5. The molecule has 35 heavy (non-hydrogen) atoms. The van der Waals surface area contributed by atoms with E-state index in [4.69, 9.17) is 20.9 Å². The number of imide groups is 1. The SMILES string of the molecule is CCOc1ccc(N2C(=O)C(Cl)=C(Nc3ccc(S(=O)(=O)Nc4onc(C)c4C)cc3)C2=O)cc1. The lowest BCUT2D eigenvalue weighted by Gasteiger charge is -2.15. The maximum absolute atomic E-state index is 13.0. The molecule has 0 saturated carbocycles. The maximum atomic E-state index is 13.0. The van der Waals surface area contributed by atoms with E-state index in [0.717, 1.165) is 4.90 Å². The van der Waals surface area contributed by atoms with E-state index >= 15 is 0 Å². The zero-order valence-corrected chi connectivity index (χ0v) is 20.5. The zero-order chi connectivity index (χ0) is 25.3. The summed E-state index contributed by atoms with van der Waals surface area (Å²) >= 11 is 6.17. The van der Waals surface area contributed by atoms with Gasteiger partial charge in [0.1, 0.15) is 16.5 Å². The number of sulfonamides is 1. The Balaban J connectivity index is 1.50. The number of carbonyl (C=O) groups is 2. The van der Waals surface area contributed by atoms with Gasteiger partial charge in [-0.25, -0.2) is 18.0 Å². The Morgan fingerprint density at radius 1 is 1.03 bits per heavy atom. The number of nitrogens with zero attached hydrogens (tertiary/aromatic N) is 2. The van der Waals surface area contributed by atoms with Crippen LogP contribution in [0, 0.1) is 13.8 Å². The van der Waals surface area contributed by atoms with Crippen LogP contribution in [0.15, 0.2) is 68.7 Å². The van der Waals surface area contributed by atoms with E-state index in [-0.39, 0.29) is 21.5 Å². The summed E-state index contributed by atoms with van der Waals surface area (Å²) in [7, 11) is -3.94. The zero-order valence-electron chi connectivity index (χ0n) is 19.0. The number of ether oxygens (including phenoxy) is 1. The normalized spacial score (nSPS) is 14.0. The summed E-state index contributed by atoms with van der Waals surface area (Å²) in [4.78, 5) is 26.5. The van der Waals surface area contributed by atoms with Gasteiger partial charge >= 0.3 is 0 Å². The number of carbonyl (C=O) groups excluding carboxylic acids is 2. The van der Waals surface area contributed by atoms with E-state index < -0.39 is 21.8 Å². The number of aryl methyl sites for hydroxylation is 1. The van der Waals surface area contributed by atoms with Crippen LogP contribution in [0.25, 0.3) is 0 Å². The van der Waals surface area contributed by atoms with Gasteiger partial charge in [-0.1, -0.05) is 16.8 Å². The Hall–Kier alpha value is -3.83. The topological polar surface area (TPSA) is 131 Å². The number of hydrogen-bond donors (Lipinski definition) is 2. The molecular weight excluding hydrogens is 496 g/mol. The average Bonchev–Trinajstić information content (AvgIpc) is 3.25. The minimum atomic E-state index is -3.94. The largest absolute Gasteiger partial charge is 0.494 e. The van der Waals surface area contributed by atoms with Gasteiger partial charge in [-0.3, -0.25) is 9.59 Å². The van der Waals surface area contributed by atoms with E-state index in [1.807, 2.05) is 6.92 Å². The van der Waals surface area contributed by atoms with Gasteiger partial charge in [0.25, 0.3) is 21.8 Å². The minimum Gasteiger partial charge on any atom is -0.494 e. The molecule has 0 saturated heterocycles. The van der Waals surface area contributed by atoms with Gasteiger partial charge in [-0.15, -0.1) is 0 Å². The third-order valence-electron chi connectivity index (χ3n) is 5.25. The van der Waals surface area contributed by atoms with Crippen LogP contribution in [0.4, 0.5) is 17.3 Å². The summed E-state index contributed by atoms with van der Waals surface area (Å²) < 4.78 is 38.1. The summed E-state index contributed by atoms with van der Waals surface area (Å²) in [6.07, 6.45) is 0. The van der Waals surface area contributed by atoms with E-state index in [9.17, 15) is 18.0 Å². The van der Waals surface area contributed by atoms with Crippen LogP contribution in [0.1, 0.15) is 18.2 Å². The highest BCUT2D eigenvalue weighted by atomic mass is 35.5. The summed E-state index contributed by atoms with van der Waals surface area (Å²) in [5, 5.41) is 6.26. The molecule has 12 heteroatoms. The lowest BCUT2D eigenvalue weighted by molar-refractivity contribution is -0.120. The molecule has 2 aromatic carbocycles. The molecule has 0 fully saturated rings. The number of benzene rings is 2. The van der Waals surface area contributed by atoms with Gasteiger partial charge in [-0.2, -0.15) is 0 Å². The molecular formula is C23H21ClN4O6S. The minimum absolute atomic E-state index is 0.0334. The summed E-state index contributed by atoms with van der Waals surface area (Å²) in [5.74, 6) is -0.680. The summed E-state index contributed by atoms with van der Waals surface area (Å²) in [5.41, 5.74) is 1.73. The van der Waals surface area contributed by atoms with Crippen molar-refractivity contribution in [3.8, 4) is 5.75 Å². The molecule has 3 aromatic rings. The molecule has 1 aliphatic rings. The predicted molar refractivity (Wildman–Crippen MR) is 130 cm³/mol. The molecule has 2 amide bonds. The number of anilines is 3. The fraction of sp³-hybridized carbons (Fsp3) is 0.174. The van der Waals surface area contributed by atoms with Gasteiger partial charge in [0.15, 0.2) is 0 Å². The van der Waals surface area contributed by atoms with Crippen LogP contribution in [0.3, 0.4) is 0 Å². The molecule has 10 nitrogen and oxygen atoms in total. The van der Waals surface area contributed by atoms with Crippen molar-refractivity contribution >= 4 is 50.7 Å². The molecule has 0 aliphatic carbocycles. The fourth-order valence-electron chi connectivity index (χ4n) is 3.26. The maximum Gasteiger partial charge on any atom is 0.283 e. The molecule has 0 atom stereocenters. The highest BCUT2D eigenvalue weighted by Gasteiger charge is 2.39.